The molecule has 2 aliphatic heterocycles. The first-order valence-corrected chi connectivity index (χ1v) is 14.5. The molecular weight excluding hydrogens is 563 g/mol. The minimum absolute atomic E-state index is 0.287. The van der Waals surface area contributed by atoms with Gasteiger partial charge in [0.2, 0.25) is 11.8 Å². The Kier molecular flexibility index (Phi) is 6.60. The minimum Gasteiger partial charge on any atom is -0.477 e. The molecule has 10 nitrogen and oxygen atoms in total. The van der Waals surface area contributed by atoms with Crippen molar-refractivity contribution in [3.63, 3.8) is 0 Å². The number of halogens is 3. The smallest absolute Gasteiger partial charge is 0.415 e. The van der Waals surface area contributed by atoms with Crippen LogP contribution in [-0.2, 0) is 18.3 Å². The molecule has 2 fully saturated rings. The molecule has 1 atom stereocenters. The molecule has 1 amide bonds. The molecule has 3 aliphatic rings. The lowest BCUT2D eigenvalue weighted by Crippen LogP contribution is -2.65. The number of anilines is 2. The second-order valence-corrected chi connectivity index (χ2v) is 11.9. The fraction of sp³-hybridized carbons (Fsp3) is 0.467. The second kappa shape index (κ2) is 10.2. The van der Waals surface area contributed by atoms with E-state index in [1.54, 1.807) is 41.2 Å². The molecule has 0 radical (unpaired) electrons. The van der Waals surface area contributed by atoms with Gasteiger partial charge in [0.15, 0.2) is 5.54 Å². The minimum atomic E-state index is -4.47. The maximum atomic E-state index is 13.8. The topological polar surface area (TPSA) is 108 Å². The van der Waals surface area contributed by atoms with E-state index in [0.29, 0.717) is 64.8 Å². The molecular formula is C30H32F3N7O3. The third-order valence-electron chi connectivity index (χ3n) is 8.64. The summed E-state index contributed by atoms with van der Waals surface area (Å²) in [6.07, 6.45) is 1.22. The standard InChI is InChI=1S/C30H32F3N7O3/c1-17-10-20-11-23(35-17)22-13-34-39(2)27(22)43-9-3-4-19(18-5-6-18)14-40-25-8-7-21(12-24(25)36-28(40)37-26(20)41)38-29(15-42-16-29)30(31,32)33/h7-8,10-13,18-19,38H,3-6,9,14-16H2,1-2H3,(H,36,37,41)/t19-/m1/s1. The zero-order chi connectivity index (χ0) is 29.9. The number of nitrogens with zero attached hydrogens (tertiary/aromatic N) is 5. The van der Waals surface area contributed by atoms with E-state index in [2.05, 4.69) is 20.7 Å². The number of benzene rings is 1. The largest absolute Gasteiger partial charge is 0.477 e. The molecule has 226 valence electrons. The molecule has 43 heavy (non-hydrogen) atoms. The molecule has 1 aliphatic carbocycles. The highest BCUT2D eigenvalue weighted by atomic mass is 19.4. The normalized spacial score (nSPS) is 20.6. The highest BCUT2D eigenvalue weighted by Gasteiger charge is 2.60. The van der Waals surface area contributed by atoms with Crippen LogP contribution in [0.15, 0.2) is 36.5 Å². The lowest BCUT2D eigenvalue weighted by molar-refractivity contribution is -0.245. The summed E-state index contributed by atoms with van der Waals surface area (Å²) in [5.74, 6) is 1.46. The van der Waals surface area contributed by atoms with Crippen LogP contribution < -0.4 is 15.4 Å². The maximum Gasteiger partial charge on any atom is 0.415 e. The molecule has 5 heterocycles. The zero-order valence-electron chi connectivity index (χ0n) is 23.9. The van der Waals surface area contributed by atoms with Crippen molar-refractivity contribution in [1.29, 1.82) is 0 Å². The van der Waals surface area contributed by atoms with Gasteiger partial charge >= 0.3 is 6.18 Å². The van der Waals surface area contributed by atoms with Gasteiger partial charge in [0.25, 0.3) is 5.91 Å². The highest BCUT2D eigenvalue weighted by Crippen LogP contribution is 2.42. The summed E-state index contributed by atoms with van der Waals surface area (Å²) in [7, 11) is 1.82. The maximum absolute atomic E-state index is 13.8. The Hall–Kier alpha value is -4.13. The highest BCUT2D eigenvalue weighted by molar-refractivity contribution is 6.05. The van der Waals surface area contributed by atoms with Gasteiger partial charge in [0.1, 0.15) is 0 Å². The Morgan fingerprint density at radius 2 is 1.91 bits per heavy atom. The lowest BCUT2D eigenvalue weighted by Gasteiger charge is -2.43. The van der Waals surface area contributed by atoms with Gasteiger partial charge in [-0.3, -0.25) is 15.1 Å². The van der Waals surface area contributed by atoms with E-state index in [4.69, 9.17) is 14.5 Å². The monoisotopic (exact) mass is 595 g/mol. The predicted octanol–water partition coefficient (Wildman–Crippen LogP) is 5.33. The van der Waals surface area contributed by atoms with Gasteiger partial charge in [-0.1, -0.05) is 0 Å². The zero-order valence-corrected chi connectivity index (χ0v) is 23.9. The number of fused-ring (bicyclic) bond motifs is 7. The van der Waals surface area contributed by atoms with Crippen LogP contribution in [0, 0.1) is 18.8 Å². The molecule has 0 unspecified atom stereocenters. The molecule has 13 heteroatoms. The third-order valence-corrected chi connectivity index (χ3v) is 8.64. The van der Waals surface area contributed by atoms with Crippen LogP contribution in [0.3, 0.4) is 0 Å². The molecule has 7 rings (SSSR count). The first kappa shape index (κ1) is 27.7. The Balaban J connectivity index is 1.29. The fourth-order valence-corrected chi connectivity index (χ4v) is 6.05. The number of amides is 1. The second-order valence-electron chi connectivity index (χ2n) is 11.9. The SMILES string of the molecule is Cc1cc2cc(n1)-c1cnn(C)c1OCCC[C@@H](C1CC1)Cn1c(nc3cc(NC4(C(F)(F)F)COC4)ccc31)NC2=O. The summed E-state index contributed by atoms with van der Waals surface area (Å²) in [6, 6.07) is 8.40. The molecule has 2 N–H and O–H groups in total. The van der Waals surface area contributed by atoms with E-state index in [9.17, 15) is 18.0 Å². The van der Waals surface area contributed by atoms with Crippen molar-refractivity contribution < 1.29 is 27.4 Å². The fourth-order valence-electron chi connectivity index (χ4n) is 6.05. The first-order valence-electron chi connectivity index (χ1n) is 14.5. The van der Waals surface area contributed by atoms with Crippen LogP contribution in [-0.4, -0.2) is 61.8 Å². The molecule has 3 aromatic heterocycles. The number of carbonyl (C=O) groups is 1. The summed E-state index contributed by atoms with van der Waals surface area (Å²) < 4.78 is 56.2. The summed E-state index contributed by atoms with van der Waals surface area (Å²) in [5, 5.41) is 9.99. The summed E-state index contributed by atoms with van der Waals surface area (Å²) in [6.45, 7) is 2.02. The van der Waals surface area contributed by atoms with Crippen molar-refractivity contribution in [2.75, 3.05) is 30.5 Å². The van der Waals surface area contributed by atoms with Crippen molar-refractivity contribution in [2.24, 2.45) is 18.9 Å². The number of nitrogens with one attached hydrogen (secondary N) is 2. The number of ether oxygens (including phenoxy) is 2. The van der Waals surface area contributed by atoms with Crippen molar-refractivity contribution in [1.82, 2.24) is 24.3 Å². The van der Waals surface area contributed by atoms with Crippen molar-refractivity contribution in [3.05, 3.63) is 47.8 Å². The van der Waals surface area contributed by atoms with E-state index in [0.717, 1.165) is 31.2 Å². The third kappa shape index (κ3) is 5.09. The van der Waals surface area contributed by atoms with E-state index < -0.39 is 24.9 Å². The van der Waals surface area contributed by atoms with Crippen LogP contribution in [0.4, 0.5) is 24.8 Å². The molecule has 1 aromatic carbocycles. The number of aromatic nitrogens is 5. The van der Waals surface area contributed by atoms with E-state index >= 15 is 0 Å². The van der Waals surface area contributed by atoms with Crippen molar-refractivity contribution in [3.8, 4) is 17.1 Å². The van der Waals surface area contributed by atoms with Gasteiger partial charge in [-0.15, -0.1) is 0 Å². The molecule has 1 saturated carbocycles. The average molecular weight is 596 g/mol. The number of hydrogen-bond acceptors (Lipinski definition) is 7. The number of alkyl halides is 3. The van der Waals surface area contributed by atoms with Crippen LogP contribution in [0.1, 0.15) is 41.7 Å². The number of imidazole rings is 1. The van der Waals surface area contributed by atoms with E-state index in [1.807, 2.05) is 18.5 Å². The molecule has 2 bridgehead atoms. The van der Waals surface area contributed by atoms with E-state index in [1.165, 1.54) is 0 Å². The quantitative estimate of drug-likeness (QED) is 0.330. The average Bonchev–Trinajstić information content (AvgIpc) is 3.63. The number of hydrogen-bond donors (Lipinski definition) is 2. The number of pyridine rings is 1. The predicted molar refractivity (Wildman–Crippen MR) is 153 cm³/mol. The van der Waals surface area contributed by atoms with Crippen LogP contribution in [0.2, 0.25) is 0 Å². The van der Waals surface area contributed by atoms with Gasteiger partial charge in [-0.25, -0.2) is 9.67 Å². The first-order chi connectivity index (χ1) is 20.6. The molecule has 4 aromatic rings. The molecule has 1 saturated heterocycles. The Bertz CT molecular complexity index is 1700. The van der Waals surface area contributed by atoms with Crippen LogP contribution in [0.5, 0.6) is 5.88 Å². The summed E-state index contributed by atoms with van der Waals surface area (Å²) in [4.78, 5) is 23.0. The molecule has 0 spiro atoms. The van der Waals surface area contributed by atoms with E-state index in [-0.39, 0.29) is 11.6 Å². The number of carbonyl (C=O) groups excluding carboxylic acids is 1. The van der Waals surface area contributed by atoms with Crippen molar-refractivity contribution >= 4 is 28.6 Å². The Labute approximate surface area is 245 Å². The summed E-state index contributed by atoms with van der Waals surface area (Å²) >= 11 is 0. The Morgan fingerprint density at radius 3 is 2.63 bits per heavy atom. The Morgan fingerprint density at radius 1 is 1.09 bits per heavy atom. The number of aryl methyl sites for hydroxylation is 2. The summed E-state index contributed by atoms with van der Waals surface area (Å²) in [5.41, 5.74) is 1.70. The van der Waals surface area contributed by atoms with Gasteiger partial charge in [-0.05, 0) is 74.8 Å². The van der Waals surface area contributed by atoms with Crippen molar-refractivity contribution in [2.45, 2.75) is 50.9 Å². The van der Waals surface area contributed by atoms with Gasteiger partial charge in [-0.2, -0.15) is 18.3 Å². The van der Waals surface area contributed by atoms with Crippen LogP contribution in [0.25, 0.3) is 22.3 Å². The van der Waals surface area contributed by atoms with Gasteiger partial charge in [0, 0.05) is 30.5 Å². The van der Waals surface area contributed by atoms with Gasteiger partial charge < -0.3 is 19.4 Å². The number of rotatable bonds is 3. The lowest BCUT2D eigenvalue weighted by atomic mass is 9.96. The van der Waals surface area contributed by atoms with Crippen LogP contribution >= 0.6 is 0 Å². The van der Waals surface area contributed by atoms with Gasteiger partial charge in [0.05, 0.1) is 48.3 Å².